The number of hydrogen-bond donors (Lipinski definition) is 10. The van der Waals surface area contributed by atoms with Crippen LogP contribution in [0.25, 0.3) is 0 Å². The van der Waals surface area contributed by atoms with Crippen molar-refractivity contribution in [2.24, 2.45) is 0 Å². The summed E-state index contributed by atoms with van der Waals surface area (Å²) in [5.41, 5.74) is 2.44. The molecule has 1 aliphatic rings. The Morgan fingerprint density at radius 3 is 2.43 bits per heavy atom. The molecule has 1 aromatic rings. The van der Waals surface area contributed by atoms with E-state index in [-0.39, 0.29) is 18.1 Å². The third kappa shape index (κ3) is 8.92. The molecule has 1 fully saturated rings. The van der Waals surface area contributed by atoms with Crippen molar-refractivity contribution in [1.29, 1.82) is 0 Å². The summed E-state index contributed by atoms with van der Waals surface area (Å²) in [5.74, 6) is -0.0812. The highest BCUT2D eigenvalue weighted by Crippen LogP contribution is 2.60. The Balaban J connectivity index is 0.00000578. The molecule has 1 aliphatic heterocycles. The van der Waals surface area contributed by atoms with Crippen LogP contribution < -0.4 is 23.7 Å². The van der Waals surface area contributed by atoms with Crippen LogP contribution in [-0.2, 0) is 22.7 Å². The standard InChI is InChI=1S/C15H27N3O13P2.2H3N/c1-15(24,7-19)9(20)6-29-33(27,28)31-32(25,26)5-3-8-11(21)12(22)13(30-8)18-4-2-10(16)17-14(18)23;;/h2,4,8-9,11-13,19-22,24H,3,5-7H2,1H3,(H,25,26)(H,27,28)(H2,16,17,23);2*1H3/t8-,9+,11-,12-,13-,15-;;/m0../s1. The predicted octanol–water partition coefficient (Wildman–Crippen LogP) is -2.42. The van der Waals surface area contributed by atoms with Crippen LogP contribution in [0.15, 0.2) is 17.1 Å². The van der Waals surface area contributed by atoms with Gasteiger partial charge in [0.15, 0.2) is 6.23 Å². The molecule has 0 amide bonds. The summed E-state index contributed by atoms with van der Waals surface area (Å²) in [4.78, 5) is 34.9. The Hall–Kier alpha value is -1.34. The Kier molecular flexibility index (Phi) is 12.3. The van der Waals surface area contributed by atoms with Gasteiger partial charge in [0, 0.05) is 6.20 Å². The largest absolute Gasteiger partial charge is 0.479 e. The molecule has 0 bridgehead atoms. The van der Waals surface area contributed by atoms with Crippen LogP contribution >= 0.6 is 15.4 Å². The molecule has 2 rings (SSSR count). The van der Waals surface area contributed by atoms with Crippen LogP contribution in [0.1, 0.15) is 19.6 Å². The molecule has 0 spiro atoms. The van der Waals surface area contributed by atoms with Crippen molar-refractivity contribution in [2.45, 2.75) is 49.6 Å². The van der Waals surface area contributed by atoms with E-state index in [2.05, 4.69) is 13.8 Å². The van der Waals surface area contributed by atoms with Gasteiger partial charge in [-0.3, -0.25) is 13.7 Å². The van der Waals surface area contributed by atoms with E-state index >= 15 is 0 Å². The van der Waals surface area contributed by atoms with Gasteiger partial charge in [-0.15, -0.1) is 0 Å². The molecule has 1 aromatic heterocycles. The van der Waals surface area contributed by atoms with Crippen molar-refractivity contribution in [1.82, 2.24) is 21.9 Å². The number of nitrogen functional groups attached to an aromatic ring is 1. The molecule has 2 heterocycles. The first-order valence-corrected chi connectivity index (χ1v) is 12.7. The van der Waals surface area contributed by atoms with Crippen LogP contribution in [0.3, 0.4) is 0 Å². The predicted molar refractivity (Wildman–Crippen MR) is 119 cm³/mol. The number of aliphatic hydroxyl groups is 5. The zero-order chi connectivity index (χ0) is 25.2. The van der Waals surface area contributed by atoms with E-state index in [0.29, 0.717) is 0 Å². The number of phosphoric acid groups is 1. The van der Waals surface area contributed by atoms with Crippen molar-refractivity contribution >= 4 is 21.2 Å². The Labute approximate surface area is 199 Å². The minimum absolute atomic E-state index is 0. The van der Waals surface area contributed by atoms with Crippen LogP contribution in [-0.4, -0.2) is 94.3 Å². The third-order valence-corrected chi connectivity index (χ3v) is 7.97. The summed E-state index contributed by atoms with van der Waals surface area (Å²) in [6.45, 7) is -0.893. The fourth-order valence-electron chi connectivity index (χ4n) is 2.78. The lowest BCUT2D eigenvalue weighted by Gasteiger charge is -2.27. The third-order valence-electron chi connectivity index (χ3n) is 4.82. The second kappa shape index (κ2) is 12.8. The van der Waals surface area contributed by atoms with Gasteiger partial charge in [0.1, 0.15) is 29.7 Å². The number of rotatable bonds is 11. The first-order valence-electron chi connectivity index (χ1n) is 9.46. The second-order valence-electron chi connectivity index (χ2n) is 7.62. The van der Waals surface area contributed by atoms with E-state index in [1.54, 1.807) is 0 Å². The molecule has 18 nitrogen and oxygen atoms in total. The van der Waals surface area contributed by atoms with E-state index in [0.717, 1.165) is 11.5 Å². The number of aliphatic hydroxyl groups excluding tert-OH is 4. The van der Waals surface area contributed by atoms with Gasteiger partial charge < -0.3 is 58.1 Å². The highest BCUT2D eigenvalue weighted by atomic mass is 31.3. The van der Waals surface area contributed by atoms with Crippen molar-refractivity contribution in [3.63, 3.8) is 0 Å². The minimum Gasteiger partial charge on any atom is -0.393 e. The van der Waals surface area contributed by atoms with E-state index in [1.807, 2.05) is 0 Å². The Bertz CT molecular complexity index is 979. The molecular formula is C15H33N5O13P2. The number of hydrogen-bond acceptors (Lipinski definition) is 15. The van der Waals surface area contributed by atoms with Crippen LogP contribution in [0.4, 0.5) is 5.82 Å². The molecule has 206 valence electrons. The van der Waals surface area contributed by atoms with Crippen molar-refractivity contribution in [3.8, 4) is 0 Å². The van der Waals surface area contributed by atoms with Gasteiger partial charge in [0.05, 0.1) is 25.5 Å². The van der Waals surface area contributed by atoms with Gasteiger partial charge in [-0.25, -0.2) is 13.7 Å². The van der Waals surface area contributed by atoms with E-state index in [4.69, 9.17) is 15.6 Å². The molecule has 35 heavy (non-hydrogen) atoms. The molecule has 0 aromatic carbocycles. The summed E-state index contributed by atoms with van der Waals surface area (Å²) in [7, 11) is -10.0. The van der Waals surface area contributed by atoms with E-state index in [9.17, 15) is 44.1 Å². The average molecular weight is 553 g/mol. The molecule has 1 saturated heterocycles. The normalized spacial score (nSPS) is 28.0. The van der Waals surface area contributed by atoms with Crippen LogP contribution in [0.2, 0.25) is 0 Å². The Morgan fingerprint density at radius 1 is 1.29 bits per heavy atom. The second-order valence-corrected chi connectivity index (χ2v) is 11.2. The zero-order valence-electron chi connectivity index (χ0n) is 18.7. The molecule has 2 unspecified atom stereocenters. The number of aromatic nitrogens is 2. The fourth-order valence-corrected chi connectivity index (χ4v) is 5.50. The van der Waals surface area contributed by atoms with Gasteiger partial charge in [-0.1, -0.05) is 0 Å². The molecule has 15 N–H and O–H groups in total. The summed E-state index contributed by atoms with van der Waals surface area (Å²) < 4.78 is 39.0. The average Bonchev–Trinajstić information content (AvgIpc) is 2.98. The maximum atomic E-state index is 12.2. The lowest BCUT2D eigenvalue weighted by molar-refractivity contribution is -0.107. The first-order chi connectivity index (χ1) is 15.1. The molecule has 8 atom stereocenters. The number of nitrogens with zero attached hydrogens (tertiary/aromatic N) is 2. The van der Waals surface area contributed by atoms with Crippen molar-refractivity contribution in [3.05, 3.63) is 22.7 Å². The molecule has 20 heteroatoms. The smallest absolute Gasteiger partial charge is 0.393 e. The monoisotopic (exact) mass is 553 g/mol. The summed E-state index contributed by atoms with van der Waals surface area (Å²) in [5, 5.41) is 48.5. The summed E-state index contributed by atoms with van der Waals surface area (Å²) >= 11 is 0. The van der Waals surface area contributed by atoms with Crippen LogP contribution in [0.5, 0.6) is 0 Å². The topological polar surface area (TPSA) is 334 Å². The molecule has 0 saturated carbocycles. The first kappa shape index (κ1) is 33.7. The number of anilines is 1. The van der Waals surface area contributed by atoms with Gasteiger partial charge in [0.2, 0.25) is 0 Å². The zero-order valence-corrected chi connectivity index (χ0v) is 20.5. The lowest BCUT2D eigenvalue weighted by Crippen LogP contribution is -2.45. The maximum Gasteiger partial charge on any atom is 0.479 e. The highest BCUT2D eigenvalue weighted by Gasteiger charge is 2.45. The summed E-state index contributed by atoms with van der Waals surface area (Å²) in [6.07, 6.45) is -7.75. The Morgan fingerprint density at radius 2 is 1.89 bits per heavy atom. The van der Waals surface area contributed by atoms with Gasteiger partial charge in [-0.2, -0.15) is 4.98 Å². The van der Waals surface area contributed by atoms with E-state index in [1.165, 1.54) is 12.3 Å². The maximum absolute atomic E-state index is 12.2. The van der Waals surface area contributed by atoms with E-state index < -0.39 is 83.1 Å². The molecule has 0 radical (unpaired) electrons. The van der Waals surface area contributed by atoms with Gasteiger partial charge in [0.25, 0.3) is 0 Å². The fraction of sp³-hybridized carbons (Fsp3) is 0.733. The van der Waals surface area contributed by atoms with Gasteiger partial charge >= 0.3 is 21.1 Å². The van der Waals surface area contributed by atoms with Gasteiger partial charge in [-0.05, 0) is 19.4 Å². The lowest BCUT2D eigenvalue weighted by atomic mass is 10.0. The molecule has 0 aliphatic carbocycles. The number of ether oxygens (including phenoxy) is 1. The number of phosphoric ester groups is 1. The van der Waals surface area contributed by atoms with Crippen LogP contribution in [0, 0.1) is 0 Å². The SMILES string of the molecule is C[C@](O)(CO)[C@H](O)COP(=O)(O)OP(=O)(O)CC[C@@H]1O[C@H](n2ccc(N)nc2=O)[C@@H](O)[C@H]1O.N.N. The van der Waals surface area contributed by atoms with Crippen molar-refractivity contribution in [2.75, 3.05) is 25.1 Å². The number of nitrogens with two attached hydrogens (primary N) is 1. The highest BCUT2D eigenvalue weighted by molar-refractivity contribution is 7.64. The van der Waals surface area contributed by atoms with Crippen molar-refractivity contribution < 1.29 is 58.0 Å². The quantitative estimate of drug-likeness (QED) is 0.127. The summed E-state index contributed by atoms with van der Waals surface area (Å²) in [6, 6.07) is 1.25. The molecular weight excluding hydrogens is 520 g/mol. The minimum atomic E-state index is -5.19.